The smallest absolute Gasteiger partial charge is 0.457 e. The first kappa shape index (κ1) is 54.1. The van der Waals surface area contributed by atoms with E-state index < -0.39 is 63.1 Å². The van der Waals surface area contributed by atoms with Gasteiger partial charge in [0.1, 0.15) is 42.7 Å². The Balaban J connectivity index is 2.44. The average molecular weight is 843 g/mol. The van der Waals surface area contributed by atoms with Crippen LogP contribution in [0.2, 0.25) is 0 Å². The fourth-order valence-electron chi connectivity index (χ4n) is 6.34. The summed E-state index contributed by atoms with van der Waals surface area (Å²) in [5, 5.41) is 50.1. The molecule has 0 aliphatic heterocycles. The largest absolute Gasteiger partial charge is 0.472 e. The van der Waals surface area contributed by atoms with E-state index in [-0.39, 0.29) is 13.0 Å². The summed E-state index contributed by atoms with van der Waals surface area (Å²) in [5.74, 6) is -0.497. The molecule has 0 amide bonds. The summed E-state index contributed by atoms with van der Waals surface area (Å²) in [4.78, 5) is 23.1. The molecule has 6 N–H and O–H groups in total. The molecule has 0 saturated heterocycles. The number of phosphoric acid groups is 1. The highest BCUT2D eigenvalue weighted by atomic mass is 31.2. The van der Waals surface area contributed by atoms with Gasteiger partial charge in [-0.1, -0.05) is 132 Å². The number of carbonyl (C=O) groups excluding carboxylic acids is 1. The van der Waals surface area contributed by atoms with Crippen LogP contribution in [-0.4, -0.2) is 98.9 Å². The van der Waals surface area contributed by atoms with Crippen molar-refractivity contribution in [1.82, 2.24) is 0 Å². The van der Waals surface area contributed by atoms with Crippen molar-refractivity contribution in [2.24, 2.45) is 0 Å². The molecule has 1 rings (SSSR count). The standard InChI is InChI=1S/C45H79O12P/c1-3-5-7-9-11-13-15-17-18-19-20-21-23-25-27-29-31-33-35-54-36-38(37-55-58(52,53)57-45-43(50)41(48)40(47)42(49)44(45)51)56-39(46)34-32-30-28-26-24-22-16-14-12-10-8-6-4-2/h5,7,11,13-14,16-18,20-21,38,40-45,47-51H,3-4,6,8-10,12,15,19,22-37H2,1-2H3,(H,52,53)/b7-5-,13-11-,16-14-,18-17-,21-20-. The zero-order valence-corrected chi connectivity index (χ0v) is 36.5. The van der Waals surface area contributed by atoms with Crippen LogP contribution < -0.4 is 0 Å². The summed E-state index contributed by atoms with van der Waals surface area (Å²) in [5.41, 5.74) is 0. The van der Waals surface area contributed by atoms with Crippen LogP contribution >= 0.6 is 7.82 Å². The van der Waals surface area contributed by atoms with E-state index in [1.54, 1.807) is 0 Å². The monoisotopic (exact) mass is 843 g/mol. The SMILES string of the molecule is CC/C=C\C/C=C\C/C=C\C/C=C\CCCCCCCOCC(COP(=O)(O)OC1C(O)C(O)C(O)C(O)C1O)OC(=O)CCCCCCC/C=C\CCCCCC. The third kappa shape index (κ3) is 27.7. The van der Waals surface area contributed by atoms with Crippen molar-refractivity contribution < 1.29 is 58.3 Å². The molecule has 1 fully saturated rings. The number of allylic oxidation sites excluding steroid dienone is 10. The number of aliphatic hydroxyl groups is 5. The number of ether oxygens (including phenoxy) is 2. The molecule has 1 saturated carbocycles. The lowest BCUT2D eigenvalue weighted by Crippen LogP contribution is -2.64. The van der Waals surface area contributed by atoms with Gasteiger partial charge in [-0.05, 0) is 77.0 Å². The van der Waals surface area contributed by atoms with Crippen molar-refractivity contribution >= 4 is 13.8 Å². The lowest BCUT2D eigenvalue weighted by atomic mass is 9.85. The van der Waals surface area contributed by atoms with Crippen LogP contribution in [0.4, 0.5) is 0 Å². The van der Waals surface area contributed by atoms with E-state index in [1.165, 1.54) is 25.7 Å². The van der Waals surface area contributed by atoms with Crippen molar-refractivity contribution in [2.45, 2.75) is 198 Å². The molecule has 6 unspecified atom stereocenters. The number of carbonyl (C=O) groups is 1. The maximum absolute atomic E-state index is 12.8. The zero-order chi connectivity index (χ0) is 42.7. The number of aliphatic hydroxyl groups excluding tert-OH is 5. The molecule has 1 aliphatic carbocycles. The minimum Gasteiger partial charge on any atom is -0.457 e. The molecular weight excluding hydrogens is 763 g/mol. The summed E-state index contributed by atoms with van der Waals surface area (Å²) in [6.45, 7) is 4.06. The second kappa shape index (κ2) is 35.8. The van der Waals surface area contributed by atoms with Crippen molar-refractivity contribution in [3.8, 4) is 0 Å². The molecule has 0 heterocycles. The van der Waals surface area contributed by atoms with Gasteiger partial charge in [-0.3, -0.25) is 13.8 Å². The minimum atomic E-state index is -5.03. The highest BCUT2D eigenvalue weighted by Gasteiger charge is 2.51. The molecule has 0 spiro atoms. The molecule has 0 radical (unpaired) electrons. The predicted octanol–water partition coefficient (Wildman–Crippen LogP) is 8.64. The highest BCUT2D eigenvalue weighted by Crippen LogP contribution is 2.47. The summed E-state index contributed by atoms with van der Waals surface area (Å²) in [6, 6.07) is 0. The number of phosphoric ester groups is 1. The number of hydrogen-bond donors (Lipinski definition) is 6. The van der Waals surface area contributed by atoms with Gasteiger partial charge in [-0.15, -0.1) is 0 Å². The summed E-state index contributed by atoms with van der Waals surface area (Å²) < 4.78 is 34.1. The molecule has 58 heavy (non-hydrogen) atoms. The Hall–Kier alpha value is -1.96. The topological polar surface area (TPSA) is 192 Å². The predicted molar refractivity (Wildman–Crippen MR) is 230 cm³/mol. The van der Waals surface area contributed by atoms with E-state index >= 15 is 0 Å². The van der Waals surface area contributed by atoms with Crippen molar-refractivity contribution in [2.75, 3.05) is 19.8 Å². The Morgan fingerprint density at radius 3 is 1.57 bits per heavy atom. The third-order valence-electron chi connectivity index (χ3n) is 9.87. The van der Waals surface area contributed by atoms with Crippen LogP contribution in [0.3, 0.4) is 0 Å². The van der Waals surface area contributed by atoms with Crippen LogP contribution in [0.5, 0.6) is 0 Å². The molecule has 13 heteroatoms. The third-order valence-corrected chi connectivity index (χ3v) is 10.9. The van der Waals surface area contributed by atoms with E-state index in [0.29, 0.717) is 13.0 Å². The average Bonchev–Trinajstić information content (AvgIpc) is 3.21. The fraction of sp³-hybridized carbons (Fsp3) is 0.756. The number of rotatable bonds is 36. The number of esters is 1. The van der Waals surface area contributed by atoms with Gasteiger partial charge in [0, 0.05) is 13.0 Å². The molecular formula is C45H79O12P. The molecule has 0 aromatic heterocycles. The first-order valence-corrected chi connectivity index (χ1v) is 23.6. The van der Waals surface area contributed by atoms with E-state index in [4.69, 9.17) is 18.5 Å². The van der Waals surface area contributed by atoms with Gasteiger partial charge in [0.05, 0.1) is 13.2 Å². The highest BCUT2D eigenvalue weighted by molar-refractivity contribution is 7.47. The van der Waals surface area contributed by atoms with Gasteiger partial charge in [-0.2, -0.15) is 0 Å². The zero-order valence-electron chi connectivity index (χ0n) is 35.6. The van der Waals surface area contributed by atoms with Crippen molar-refractivity contribution in [1.29, 1.82) is 0 Å². The summed E-state index contributed by atoms with van der Waals surface area (Å²) in [7, 11) is -5.03. The lowest BCUT2D eigenvalue weighted by Gasteiger charge is -2.41. The molecule has 12 nitrogen and oxygen atoms in total. The molecule has 1 aliphatic rings. The van der Waals surface area contributed by atoms with Crippen LogP contribution in [0.15, 0.2) is 60.8 Å². The Bertz CT molecular complexity index is 1190. The molecule has 336 valence electrons. The Morgan fingerprint density at radius 1 is 0.569 bits per heavy atom. The van der Waals surface area contributed by atoms with Crippen LogP contribution in [0.1, 0.15) is 155 Å². The molecule has 0 bridgehead atoms. The normalized spacial score (nSPS) is 23.2. The van der Waals surface area contributed by atoms with E-state index in [2.05, 4.69) is 74.6 Å². The Kier molecular flexibility index (Phi) is 33.3. The molecule has 6 atom stereocenters. The van der Waals surface area contributed by atoms with Gasteiger partial charge in [0.25, 0.3) is 0 Å². The van der Waals surface area contributed by atoms with Crippen LogP contribution in [0, 0.1) is 0 Å². The summed E-state index contributed by atoms with van der Waals surface area (Å²) in [6.07, 6.45) is 31.5. The fourth-order valence-corrected chi connectivity index (χ4v) is 7.31. The van der Waals surface area contributed by atoms with Gasteiger partial charge in [-0.25, -0.2) is 4.57 Å². The van der Waals surface area contributed by atoms with Gasteiger partial charge >= 0.3 is 13.8 Å². The van der Waals surface area contributed by atoms with Gasteiger partial charge in [0.15, 0.2) is 0 Å². The number of unbranched alkanes of at least 4 members (excludes halogenated alkanes) is 14. The van der Waals surface area contributed by atoms with Crippen molar-refractivity contribution in [3.63, 3.8) is 0 Å². The minimum absolute atomic E-state index is 0.0952. The maximum atomic E-state index is 12.8. The quantitative estimate of drug-likeness (QED) is 0.0153. The first-order valence-electron chi connectivity index (χ1n) is 22.1. The Labute approximate surface area is 349 Å². The van der Waals surface area contributed by atoms with Crippen LogP contribution in [-0.2, 0) is 27.9 Å². The van der Waals surface area contributed by atoms with Gasteiger partial charge in [0.2, 0.25) is 0 Å². The Morgan fingerprint density at radius 2 is 1.02 bits per heavy atom. The molecule has 0 aromatic rings. The second-order valence-electron chi connectivity index (χ2n) is 15.2. The molecule has 0 aromatic carbocycles. The van der Waals surface area contributed by atoms with E-state index in [9.17, 15) is 39.8 Å². The van der Waals surface area contributed by atoms with Crippen LogP contribution in [0.25, 0.3) is 0 Å². The second-order valence-corrected chi connectivity index (χ2v) is 16.6. The lowest BCUT2D eigenvalue weighted by molar-refractivity contribution is -0.220. The first-order chi connectivity index (χ1) is 28.0. The van der Waals surface area contributed by atoms with Gasteiger partial charge < -0.3 is 39.9 Å². The summed E-state index contributed by atoms with van der Waals surface area (Å²) >= 11 is 0. The van der Waals surface area contributed by atoms with E-state index in [1.807, 2.05) is 0 Å². The maximum Gasteiger partial charge on any atom is 0.472 e. The van der Waals surface area contributed by atoms with E-state index in [0.717, 1.165) is 103 Å². The van der Waals surface area contributed by atoms with Crippen molar-refractivity contribution in [3.05, 3.63) is 60.8 Å². The number of hydrogen-bond acceptors (Lipinski definition) is 11.